The molecular formula is C16H32N2O3. The number of amides is 2. The fourth-order valence-electron chi connectivity index (χ4n) is 2.53. The molecule has 0 spiro atoms. The van der Waals surface area contributed by atoms with Gasteiger partial charge in [-0.3, -0.25) is 9.59 Å². The fourth-order valence-corrected chi connectivity index (χ4v) is 2.53. The second-order valence-electron chi connectivity index (χ2n) is 6.13. The topological polar surface area (TPSA) is 58.6 Å². The lowest BCUT2D eigenvalue weighted by Crippen LogP contribution is -2.50. The maximum atomic E-state index is 12.4. The van der Waals surface area contributed by atoms with Crippen molar-refractivity contribution in [2.24, 2.45) is 11.8 Å². The second kappa shape index (κ2) is 9.77. The number of ether oxygens (including phenoxy) is 1. The van der Waals surface area contributed by atoms with Crippen LogP contribution in [0.1, 0.15) is 47.0 Å². The Morgan fingerprint density at radius 3 is 2.14 bits per heavy atom. The summed E-state index contributed by atoms with van der Waals surface area (Å²) in [6.07, 6.45) is 1.42. The number of methoxy groups -OCH3 is 1. The predicted molar refractivity (Wildman–Crippen MR) is 84.9 cm³/mol. The van der Waals surface area contributed by atoms with E-state index in [4.69, 9.17) is 4.74 Å². The lowest BCUT2D eigenvalue weighted by molar-refractivity contribution is -0.139. The van der Waals surface area contributed by atoms with Crippen LogP contribution in [-0.2, 0) is 14.3 Å². The van der Waals surface area contributed by atoms with Crippen LogP contribution in [-0.4, -0.2) is 50.1 Å². The van der Waals surface area contributed by atoms with E-state index in [2.05, 4.69) is 19.2 Å². The normalized spacial score (nSPS) is 15.4. The maximum Gasteiger partial charge on any atom is 0.222 e. The molecule has 0 rings (SSSR count). The summed E-state index contributed by atoms with van der Waals surface area (Å²) in [6.45, 7) is 8.25. The summed E-state index contributed by atoms with van der Waals surface area (Å²) in [7, 11) is 5.03. The van der Waals surface area contributed by atoms with Crippen molar-refractivity contribution in [3.05, 3.63) is 0 Å². The van der Waals surface area contributed by atoms with E-state index < -0.39 is 0 Å². The third-order valence-corrected chi connectivity index (χ3v) is 4.00. The molecule has 5 nitrogen and oxygen atoms in total. The van der Waals surface area contributed by atoms with Gasteiger partial charge < -0.3 is 15.0 Å². The SMILES string of the molecule is CC[C@H](C)[C@@H]([C@@H](CC(=O)NC)OC)N(C)C(=O)CC(C)C. The molecule has 0 aliphatic carbocycles. The summed E-state index contributed by atoms with van der Waals surface area (Å²) in [4.78, 5) is 25.8. The molecule has 0 fully saturated rings. The van der Waals surface area contributed by atoms with Gasteiger partial charge in [0.05, 0.1) is 18.6 Å². The smallest absolute Gasteiger partial charge is 0.222 e. The van der Waals surface area contributed by atoms with E-state index in [1.54, 1.807) is 19.1 Å². The minimum atomic E-state index is -0.291. The van der Waals surface area contributed by atoms with Gasteiger partial charge in [0.1, 0.15) is 0 Å². The molecule has 124 valence electrons. The van der Waals surface area contributed by atoms with Crippen LogP contribution in [0.15, 0.2) is 0 Å². The lowest BCUT2D eigenvalue weighted by Gasteiger charge is -2.38. The summed E-state index contributed by atoms with van der Waals surface area (Å²) in [5.41, 5.74) is 0. The first kappa shape index (κ1) is 19.9. The molecule has 0 aromatic heterocycles. The summed E-state index contributed by atoms with van der Waals surface area (Å²) >= 11 is 0. The second-order valence-corrected chi connectivity index (χ2v) is 6.13. The zero-order valence-corrected chi connectivity index (χ0v) is 14.6. The molecule has 0 aromatic carbocycles. The van der Waals surface area contributed by atoms with Gasteiger partial charge in [0, 0.05) is 27.6 Å². The van der Waals surface area contributed by atoms with Crippen molar-refractivity contribution in [3.63, 3.8) is 0 Å². The Balaban J connectivity index is 5.15. The molecule has 0 heterocycles. The Hall–Kier alpha value is -1.10. The van der Waals surface area contributed by atoms with Gasteiger partial charge in [-0.15, -0.1) is 0 Å². The quantitative estimate of drug-likeness (QED) is 0.709. The number of hydrogen-bond donors (Lipinski definition) is 1. The van der Waals surface area contributed by atoms with Crippen LogP contribution in [0.3, 0.4) is 0 Å². The minimum absolute atomic E-state index is 0.0696. The lowest BCUT2D eigenvalue weighted by atomic mass is 9.90. The Bertz CT molecular complexity index is 331. The van der Waals surface area contributed by atoms with Crippen LogP contribution in [0, 0.1) is 11.8 Å². The van der Waals surface area contributed by atoms with Crippen molar-refractivity contribution < 1.29 is 14.3 Å². The summed E-state index contributed by atoms with van der Waals surface area (Å²) in [5, 5.41) is 2.62. The molecule has 0 aliphatic rings. The van der Waals surface area contributed by atoms with Gasteiger partial charge in [-0.25, -0.2) is 0 Å². The van der Waals surface area contributed by atoms with E-state index in [1.165, 1.54) is 0 Å². The van der Waals surface area contributed by atoms with Crippen LogP contribution in [0.2, 0.25) is 0 Å². The third-order valence-electron chi connectivity index (χ3n) is 4.00. The number of carbonyl (C=O) groups excluding carboxylic acids is 2. The number of nitrogens with zero attached hydrogens (tertiary/aromatic N) is 1. The molecule has 2 amide bonds. The Morgan fingerprint density at radius 1 is 1.19 bits per heavy atom. The Labute approximate surface area is 129 Å². The average Bonchev–Trinajstić information content (AvgIpc) is 2.44. The number of nitrogens with one attached hydrogen (secondary N) is 1. The zero-order valence-electron chi connectivity index (χ0n) is 14.6. The first-order valence-electron chi connectivity index (χ1n) is 7.77. The molecule has 1 N–H and O–H groups in total. The van der Waals surface area contributed by atoms with E-state index in [1.807, 2.05) is 20.9 Å². The van der Waals surface area contributed by atoms with Crippen LogP contribution < -0.4 is 5.32 Å². The minimum Gasteiger partial charge on any atom is -0.379 e. The molecular weight excluding hydrogens is 268 g/mol. The van der Waals surface area contributed by atoms with Crippen LogP contribution in [0.4, 0.5) is 0 Å². The predicted octanol–water partition coefficient (Wildman–Crippen LogP) is 2.06. The first-order chi connectivity index (χ1) is 9.78. The van der Waals surface area contributed by atoms with Crippen molar-refractivity contribution in [2.75, 3.05) is 21.2 Å². The molecule has 0 saturated carbocycles. The monoisotopic (exact) mass is 300 g/mol. The fraction of sp³-hybridized carbons (Fsp3) is 0.875. The van der Waals surface area contributed by atoms with Crippen LogP contribution >= 0.6 is 0 Å². The van der Waals surface area contributed by atoms with Crippen LogP contribution in [0.25, 0.3) is 0 Å². The van der Waals surface area contributed by atoms with Crippen LogP contribution in [0.5, 0.6) is 0 Å². The van der Waals surface area contributed by atoms with Gasteiger partial charge in [-0.2, -0.15) is 0 Å². The van der Waals surface area contributed by atoms with E-state index in [-0.39, 0.29) is 36.3 Å². The number of rotatable bonds is 9. The molecule has 0 aliphatic heterocycles. The van der Waals surface area contributed by atoms with Gasteiger partial charge >= 0.3 is 0 Å². The first-order valence-corrected chi connectivity index (χ1v) is 7.77. The van der Waals surface area contributed by atoms with Crippen molar-refractivity contribution in [1.29, 1.82) is 0 Å². The maximum absolute atomic E-state index is 12.4. The Kier molecular flexibility index (Phi) is 9.26. The van der Waals surface area contributed by atoms with Crippen molar-refractivity contribution in [1.82, 2.24) is 10.2 Å². The third kappa shape index (κ3) is 6.46. The standard InChI is InChI=1S/C16H32N2O3/c1-8-12(4)16(13(21-7)10-14(19)17-5)18(6)15(20)9-11(2)3/h11-13,16H,8-10H2,1-7H3,(H,17,19)/t12-,13+,16-/m0/s1. The molecule has 21 heavy (non-hydrogen) atoms. The highest BCUT2D eigenvalue weighted by Crippen LogP contribution is 2.22. The zero-order chi connectivity index (χ0) is 16.6. The summed E-state index contributed by atoms with van der Waals surface area (Å²) in [6, 6.07) is -0.0939. The van der Waals surface area contributed by atoms with Crippen molar-refractivity contribution in [3.8, 4) is 0 Å². The highest BCUT2D eigenvalue weighted by Gasteiger charge is 2.33. The number of likely N-dealkylation sites (N-methyl/N-ethyl adjacent to an activating group) is 1. The molecule has 5 heteroatoms. The highest BCUT2D eigenvalue weighted by atomic mass is 16.5. The van der Waals surface area contributed by atoms with Gasteiger partial charge in [-0.05, 0) is 11.8 Å². The largest absolute Gasteiger partial charge is 0.379 e. The Morgan fingerprint density at radius 2 is 1.76 bits per heavy atom. The van der Waals surface area contributed by atoms with E-state index in [0.717, 1.165) is 6.42 Å². The summed E-state index contributed by atoms with van der Waals surface area (Å²) in [5.74, 6) is 0.618. The summed E-state index contributed by atoms with van der Waals surface area (Å²) < 4.78 is 5.53. The highest BCUT2D eigenvalue weighted by molar-refractivity contribution is 5.78. The van der Waals surface area contributed by atoms with Gasteiger partial charge in [0.15, 0.2) is 0 Å². The molecule has 0 saturated heterocycles. The molecule has 0 bridgehead atoms. The number of carbonyl (C=O) groups is 2. The number of hydrogen-bond acceptors (Lipinski definition) is 3. The molecule has 0 unspecified atom stereocenters. The molecule has 3 atom stereocenters. The van der Waals surface area contributed by atoms with Gasteiger partial charge in [-0.1, -0.05) is 34.1 Å². The average molecular weight is 300 g/mol. The van der Waals surface area contributed by atoms with Gasteiger partial charge in [0.25, 0.3) is 0 Å². The van der Waals surface area contributed by atoms with Crippen molar-refractivity contribution in [2.45, 2.75) is 59.1 Å². The van der Waals surface area contributed by atoms with E-state index in [0.29, 0.717) is 12.3 Å². The van der Waals surface area contributed by atoms with Gasteiger partial charge in [0.2, 0.25) is 11.8 Å². The van der Waals surface area contributed by atoms with E-state index >= 15 is 0 Å². The molecule has 0 radical (unpaired) electrons. The molecule has 0 aromatic rings. The van der Waals surface area contributed by atoms with Crippen molar-refractivity contribution >= 4 is 11.8 Å². The van der Waals surface area contributed by atoms with E-state index in [9.17, 15) is 9.59 Å².